The molecule has 6 heteroatoms. The van der Waals surface area contributed by atoms with Crippen LogP contribution in [0.5, 0.6) is 0 Å². The lowest BCUT2D eigenvalue weighted by Gasteiger charge is -2.12. The number of halogens is 3. The van der Waals surface area contributed by atoms with Crippen molar-refractivity contribution in [3.05, 3.63) is 0 Å². The van der Waals surface area contributed by atoms with Gasteiger partial charge in [0.1, 0.15) is 6.54 Å². The van der Waals surface area contributed by atoms with Gasteiger partial charge in [-0.25, -0.2) is 0 Å². The maximum absolute atomic E-state index is 11.5. The lowest BCUT2D eigenvalue weighted by Crippen LogP contribution is -2.41. The zero-order valence-electron chi connectivity index (χ0n) is 5.90. The summed E-state index contributed by atoms with van der Waals surface area (Å²) in [6.45, 7) is 0.402. The molecule has 0 aromatic carbocycles. The highest BCUT2D eigenvalue weighted by Gasteiger charge is 2.27. The summed E-state index contributed by atoms with van der Waals surface area (Å²) < 4.78 is 34.5. The normalized spacial score (nSPS) is 14.3. The molecule has 0 rings (SSSR count). The van der Waals surface area contributed by atoms with Crippen LogP contribution in [-0.4, -0.2) is 23.8 Å². The summed E-state index contributed by atoms with van der Waals surface area (Å²) in [5.41, 5.74) is 5.19. The van der Waals surface area contributed by atoms with Crippen molar-refractivity contribution in [3.8, 4) is 0 Å². The fraction of sp³-hybridized carbons (Fsp3) is 0.800. The van der Waals surface area contributed by atoms with Crippen molar-refractivity contribution >= 4 is 17.2 Å². The first-order valence-corrected chi connectivity index (χ1v) is 3.34. The lowest BCUT2D eigenvalue weighted by molar-refractivity contribution is -0.121. The molecule has 0 spiro atoms. The first kappa shape index (κ1) is 10.6. The van der Waals surface area contributed by atoms with Crippen LogP contribution in [0.1, 0.15) is 6.92 Å². The Morgan fingerprint density at radius 2 is 2.09 bits per heavy atom. The van der Waals surface area contributed by atoms with Crippen molar-refractivity contribution in [2.45, 2.75) is 19.1 Å². The molecule has 0 radical (unpaired) electrons. The highest BCUT2D eigenvalue weighted by Crippen LogP contribution is 2.12. The maximum Gasteiger partial charge on any atom is 0.405 e. The quantitative estimate of drug-likeness (QED) is 0.627. The average molecular weight is 186 g/mol. The molecule has 0 heterocycles. The number of thiocarbonyl (C=S) groups is 1. The summed E-state index contributed by atoms with van der Waals surface area (Å²) in [5.74, 6) is 0. The van der Waals surface area contributed by atoms with Gasteiger partial charge in [-0.1, -0.05) is 12.2 Å². The Morgan fingerprint density at radius 1 is 1.64 bits per heavy atom. The summed E-state index contributed by atoms with van der Waals surface area (Å²) in [6.07, 6.45) is -4.24. The zero-order chi connectivity index (χ0) is 9.07. The molecule has 2 nitrogen and oxygen atoms in total. The van der Waals surface area contributed by atoms with E-state index in [-0.39, 0.29) is 4.99 Å². The van der Waals surface area contributed by atoms with E-state index >= 15 is 0 Å². The predicted molar refractivity (Wildman–Crippen MR) is 40.3 cm³/mol. The minimum absolute atomic E-state index is 0.0299. The fourth-order valence-electron chi connectivity index (χ4n) is 0.348. The Hall–Kier alpha value is -0.360. The molecular weight excluding hydrogens is 177 g/mol. The van der Waals surface area contributed by atoms with E-state index in [9.17, 15) is 13.2 Å². The van der Waals surface area contributed by atoms with Crippen LogP contribution in [0.15, 0.2) is 0 Å². The summed E-state index contributed by atoms with van der Waals surface area (Å²) in [7, 11) is 0. The molecule has 0 aromatic heterocycles. The van der Waals surface area contributed by atoms with Gasteiger partial charge in [-0.3, -0.25) is 0 Å². The van der Waals surface area contributed by atoms with E-state index < -0.39 is 18.8 Å². The summed E-state index contributed by atoms with van der Waals surface area (Å²) >= 11 is 4.51. The van der Waals surface area contributed by atoms with Crippen LogP contribution in [0.4, 0.5) is 13.2 Å². The van der Waals surface area contributed by atoms with Crippen molar-refractivity contribution in [1.29, 1.82) is 0 Å². The standard InChI is InChI=1S/C5H9F3N2S/c1-3(9)4(11)10-2-5(6,7)8/h3H,2,9H2,1H3,(H,10,11). The first-order valence-electron chi connectivity index (χ1n) is 2.93. The number of hydrogen-bond donors (Lipinski definition) is 2. The third-order valence-electron chi connectivity index (χ3n) is 0.877. The molecule has 0 saturated heterocycles. The Labute approximate surface area is 67.9 Å². The number of nitrogens with two attached hydrogens (primary N) is 1. The molecular formula is C5H9F3N2S. The van der Waals surface area contributed by atoms with Gasteiger partial charge in [0, 0.05) is 0 Å². The highest BCUT2D eigenvalue weighted by atomic mass is 32.1. The Morgan fingerprint density at radius 3 is 2.36 bits per heavy atom. The molecule has 3 N–H and O–H groups in total. The molecule has 1 unspecified atom stereocenters. The Bertz CT molecular complexity index is 143. The maximum atomic E-state index is 11.5. The molecule has 0 aromatic rings. The van der Waals surface area contributed by atoms with Gasteiger partial charge in [-0.15, -0.1) is 0 Å². The molecule has 0 saturated carbocycles. The minimum Gasteiger partial charge on any atom is -0.370 e. The molecule has 0 aliphatic heterocycles. The van der Waals surface area contributed by atoms with Gasteiger partial charge < -0.3 is 11.1 Å². The Kier molecular flexibility index (Phi) is 3.74. The molecule has 0 bridgehead atoms. The number of nitrogens with one attached hydrogen (secondary N) is 1. The Balaban J connectivity index is 3.64. The van der Waals surface area contributed by atoms with Gasteiger partial charge in [0.2, 0.25) is 0 Å². The van der Waals surface area contributed by atoms with E-state index in [4.69, 9.17) is 5.73 Å². The smallest absolute Gasteiger partial charge is 0.370 e. The molecule has 0 fully saturated rings. The number of hydrogen-bond acceptors (Lipinski definition) is 2. The van der Waals surface area contributed by atoms with Crippen LogP contribution in [0.3, 0.4) is 0 Å². The third-order valence-corrected chi connectivity index (χ3v) is 1.39. The van der Waals surface area contributed by atoms with Crippen LogP contribution in [0.2, 0.25) is 0 Å². The highest BCUT2D eigenvalue weighted by molar-refractivity contribution is 7.80. The average Bonchev–Trinajstić information content (AvgIpc) is 1.80. The van der Waals surface area contributed by atoms with Crippen molar-refractivity contribution in [3.63, 3.8) is 0 Å². The largest absolute Gasteiger partial charge is 0.405 e. The van der Waals surface area contributed by atoms with Crippen molar-refractivity contribution in [2.75, 3.05) is 6.54 Å². The molecule has 11 heavy (non-hydrogen) atoms. The van der Waals surface area contributed by atoms with Crippen molar-refractivity contribution in [1.82, 2.24) is 5.32 Å². The van der Waals surface area contributed by atoms with Crippen LogP contribution in [-0.2, 0) is 0 Å². The lowest BCUT2D eigenvalue weighted by atomic mass is 10.3. The van der Waals surface area contributed by atoms with Crippen LogP contribution in [0, 0.1) is 0 Å². The van der Waals surface area contributed by atoms with Gasteiger partial charge >= 0.3 is 6.18 Å². The SMILES string of the molecule is CC(N)C(=S)NCC(F)(F)F. The third kappa shape index (κ3) is 6.05. The fourth-order valence-corrected chi connectivity index (χ4v) is 0.420. The van der Waals surface area contributed by atoms with Crippen molar-refractivity contribution < 1.29 is 13.2 Å². The second kappa shape index (κ2) is 3.87. The predicted octanol–water partition coefficient (Wildman–Crippen LogP) is 0.813. The van der Waals surface area contributed by atoms with Gasteiger partial charge in [-0.05, 0) is 6.92 Å². The summed E-state index contributed by atoms with van der Waals surface area (Å²) in [5, 5.41) is 2.00. The number of rotatable bonds is 2. The summed E-state index contributed by atoms with van der Waals surface area (Å²) in [6, 6.07) is -0.535. The van der Waals surface area contributed by atoms with Crippen LogP contribution < -0.4 is 11.1 Å². The summed E-state index contributed by atoms with van der Waals surface area (Å²) in [4.78, 5) is 0.0299. The van der Waals surface area contributed by atoms with E-state index in [1.165, 1.54) is 6.92 Å². The van der Waals surface area contributed by atoms with Crippen LogP contribution in [0.25, 0.3) is 0 Å². The van der Waals surface area contributed by atoms with E-state index in [2.05, 4.69) is 12.2 Å². The topological polar surface area (TPSA) is 38.0 Å². The molecule has 66 valence electrons. The van der Waals surface area contributed by atoms with Gasteiger partial charge in [0.05, 0.1) is 11.0 Å². The van der Waals surface area contributed by atoms with Gasteiger partial charge in [-0.2, -0.15) is 13.2 Å². The zero-order valence-corrected chi connectivity index (χ0v) is 6.72. The van der Waals surface area contributed by atoms with E-state index in [0.717, 1.165) is 0 Å². The molecule has 0 aliphatic rings. The number of alkyl halides is 3. The van der Waals surface area contributed by atoms with E-state index in [1.54, 1.807) is 0 Å². The van der Waals surface area contributed by atoms with Gasteiger partial charge in [0.25, 0.3) is 0 Å². The van der Waals surface area contributed by atoms with Crippen LogP contribution >= 0.6 is 12.2 Å². The van der Waals surface area contributed by atoms with E-state index in [0.29, 0.717) is 0 Å². The molecule has 0 aliphatic carbocycles. The molecule has 0 amide bonds. The first-order chi connectivity index (χ1) is 4.83. The van der Waals surface area contributed by atoms with Crippen molar-refractivity contribution in [2.24, 2.45) is 5.73 Å². The second-order valence-corrected chi connectivity index (χ2v) is 2.56. The minimum atomic E-state index is -4.24. The monoisotopic (exact) mass is 186 g/mol. The van der Waals surface area contributed by atoms with E-state index in [1.807, 2.05) is 5.32 Å². The van der Waals surface area contributed by atoms with Gasteiger partial charge in [0.15, 0.2) is 0 Å². The second-order valence-electron chi connectivity index (χ2n) is 2.12. The molecule has 1 atom stereocenters.